The van der Waals surface area contributed by atoms with Crippen molar-refractivity contribution < 1.29 is 9.53 Å². The molecule has 1 aromatic heterocycles. The van der Waals surface area contributed by atoms with Gasteiger partial charge in [-0.05, 0) is 52.1 Å². The van der Waals surface area contributed by atoms with E-state index in [1.54, 1.807) is 22.6 Å². The Labute approximate surface area is 157 Å². The minimum absolute atomic E-state index is 0.0897. The average Bonchev–Trinajstić information content (AvgIpc) is 2.97. The third-order valence-corrected chi connectivity index (χ3v) is 4.99. The lowest BCUT2D eigenvalue weighted by Gasteiger charge is -2.18. The molecule has 4 rings (SSSR count). The molecule has 0 atom stereocenters. The summed E-state index contributed by atoms with van der Waals surface area (Å²) in [5.41, 5.74) is 6.11. The smallest absolute Gasteiger partial charge is 0.252 e. The molecule has 6 nitrogen and oxygen atoms in total. The van der Waals surface area contributed by atoms with Crippen molar-refractivity contribution in [3.05, 3.63) is 75.8 Å². The SMILES string of the molecule is COCn1cc(C2=CC(c3ccc4c(c3)CC(=O)N4C)=CNC2)ccc1=O. The number of carbonyl (C=O) groups excluding carboxylic acids is 1. The van der Waals surface area contributed by atoms with Crippen LogP contribution in [0.4, 0.5) is 5.69 Å². The Hall–Kier alpha value is -3.12. The number of dihydropyridines is 1. The van der Waals surface area contributed by atoms with E-state index in [9.17, 15) is 9.59 Å². The van der Waals surface area contributed by atoms with Crippen molar-refractivity contribution in [3.63, 3.8) is 0 Å². The standard InChI is InChI=1S/C21H21N3O3/c1-23-19-5-3-14(7-16(19)9-21(23)26)17-8-18(11-22-10-17)15-4-6-20(25)24(12-15)13-27-2/h3-8,10,12,22H,9,11,13H2,1-2H3. The number of pyridine rings is 1. The van der Waals surface area contributed by atoms with Crippen molar-refractivity contribution in [2.75, 3.05) is 25.6 Å². The van der Waals surface area contributed by atoms with Gasteiger partial charge in [0.05, 0.1) is 6.42 Å². The molecule has 0 unspecified atom stereocenters. The first-order valence-corrected chi connectivity index (χ1v) is 8.80. The zero-order valence-electron chi connectivity index (χ0n) is 15.4. The summed E-state index contributed by atoms with van der Waals surface area (Å²) in [6.45, 7) is 0.906. The number of anilines is 1. The summed E-state index contributed by atoms with van der Waals surface area (Å²) in [6, 6.07) is 9.50. The molecule has 0 radical (unpaired) electrons. The fraction of sp³-hybridized carbons (Fsp3) is 0.238. The van der Waals surface area contributed by atoms with Crippen molar-refractivity contribution in [3.8, 4) is 0 Å². The lowest BCUT2D eigenvalue weighted by Crippen LogP contribution is -2.21. The lowest BCUT2D eigenvalue weighted by molar-refractivity contribution is -0.117. The van der Waals surface area contributed by atoms with Crippen LogP contribution in [0.25, 0.3) is 11.1 Å². The molecule has 2 aliphatic heterocycles. The van der Waals surface area contributed by atoms with E-state index >= 15 is 0 Å². The van der Waals surface area contributed by atoms with Crippen LogP contribution in [-0.2, 0) is 22.7 Å². The van der Waals surface area contributed by atoms with Gasteiger partial charge in [-0.2, -0.15) is 0 Å². The molecule has 0 bridgehead atoms. The number of amides is 1. The Morgan fingerprint density at radius 2 is 1.96 bits per heavy atom. The maximum Gasteiger partial charge on any atom is 0.252 e. The van der Waals surface area contributed by atoms with Gasteiger partial charge < -0.3 is 15.0 Å². The molecule has 1 amide bonds. The predicted molar refractivity (Wildman–Crippen MR) is 105 cm³/mol. The number of fused-ring (bicyclic) bond motifs is 1. The molecule has 2 aliphatic rings. The van der Waals surface area contributed by atoms with Gasteiger partial charge in [0, 0.05) is 44.9 Å². The fourth-order valence-electron chi connectivity index (χ4n) is 3.51. The lowest BCUT2D eigenvalue weighted by atomic mass is 9.96. The summed E-state index contributed by atoms with van der Waals surface area (Å²) in [5.74, 6) is 0.120. The number of benzene rings is 1. The molecule has 6 heteroatoms. The van der Waals surface area contributed by atoms with E-state index in [0.717, 1.165) is 33.5 Å². The van der Waals surface area contributed by atoms with E-state index in [1.165, 1.54) is 0 Å². The number of carbonyl (C=O) groups is 1. The summed E-state index contributed by atoms with van der Waals surface area (Å²) in [6.07, 6.45) is 6.37. The van der Waals surface area contributed by atoms with Gasteiger partial charge in [0.25, 0.3) is 5.56 Å². The van der Waals surface area contributed by atoms with Crippen molar-refractivity contribution in [1.82, 2.24) is 9.88 Å². The van der Waals surface area contributed by atoms with E-state index in [2.05, 4.69) is 17.5 Å². The molecule has 0 saturated carbocycles. The molecule has 27 heavy (non-hydrogen) atoms. The Bertz CT molecular complexity index is 1030. The van der Waals surface area contributed by atoms with E-state index in [-0.39, 0.29) is 18.2 Å². The minimum Gasteiger partial charge on any atom is -0.386 e. The largest absolute Gasteiger partial charge is 0.386 e. The number of allylic oxidation sites excluding steroid dienone is 2. The number of hydrogen-bond acceptors (Lipinski definition) is 4. The number of hydrogen-bond donors (Lipinski definition) is 1. The van der Waals surface area contributed by atoms with Gasteiger partial charge in [-0.1, -0.05) is 6.07 Å². The zero-order chi connectivity index (χ0) is 19.0. The quantitative estimate of drug-likeness (QED) is 0.903. The van der Waals surface area contributed by atoms with Crippen molar-refractivity contribution >= 4 is 22.7 Å². The van der Waals surface area contributed by atoms with Crippen molar-refractivity contribution in [1.29, 1.82) is 0 Å². The third-order valence-electron chi connectivity index (χ3n) is 4.99. The van der Waals surface area contributed by atoms with Crippen LogP contribution >= 0.6 is 0 Å². The van der Waals surface area contributed by atoms with E-state index < -0.39 is 0 Å². The van der Waals surface area contributed by atoms with Gasteiger partial charge in [-0.3, -0.25) is 14.2 Å². The van der Waals surface area contributed by atoms with Gasteiger partial charge >= 0.3 is 0 Å². The Morgan fingerprint density at radius 1 is 1.15 bits per heavy atom. The first-order chi connectivity index (χ1) is 13.1. The normalized spacial score (nSPS) is 15.9. The topological polar surface area (TPSA) is 63.6 Å². The Balaban J connectivity index is 1.67. The van der Waals surface area contributed by atoms with Crippen LogP contribution in [0.3, 0.4) is 0 Å². The maximum absolute atomic E-state index is 11.9. The monoisotopic (exact) mass is 363 g/mol. The van der Waals surface area contributed by atoms with Crippen LogP contribution in [0.2, 0.25) is 0 Å². The van der Waals surface area contributed by atoms with Crippen LogP contribution in [0.1, 0.15) is 16.7 Å². The number of rotatable bonds is 4. The van der Waals surface area contributed by atoms with Gasteiger partial charge in [0.2, 0.25) is 5.91 Å². The summed E-state index contributed by atoms with van der Waals surface area (Å²) in [5, 5.41) is 3.31. The predicted octanol–water partition coefficient (Wildman–Crippen LogP) is 2.00. The van der Waals surface area contributed by atoms with E-state index in [1.807, 2.05) is 37.6 Å². The van der Waals surface area contributed by atoms with Crippen molar-refractivity contribution in [2.24, 2.45) is 0 Å². The number of nitrogens with one attached hydrogen (secondary N) is 1. The highest BCUT2D eigenvalue weighted by Crippen LogP contribution is 2.32. The number of ether oxygens (including phenoxy) is 1. The molecule has 138 valence electrons. The van der Waals surface area contributed by atoms with Crippen LogP contribution in [0.5, 0.6) is 0 Å². The highest BCUT2D eigenvalue weighted by Gasteiger charge is 2.24. The number of nitrogens with zero attached hydrogens (tertiary/aromatic N) is 2. The average molecular weight is 363 g/mol. The fourth-order valence-corrected chi connectivity index (χ4v) is 3.51. The Kier molecular flexibility index (Phi) is 4.41. The molecule has 1 N–H and O–H groups in total. The van der Waals surface area contributed by atoms with Crippen LogP contribution in [0, 0.1) is 0 Å². The summed E-state index contributed by atoms with van der Waals surface area (Å²) < 4.78 is 6.63. The molecular formula is C21H21N3O3. The Morgan fingerprint density at radius 3 is 2.78 bits per heavy atom. The summed E-state index contributed by atoms with van der Waals surface area (Å²) in [7, 11) is 3.37. The van der Waals surface area contributed by atoms with E-state index in [0.29, 0.717) is 13.0 Å². The minimum atomic E-state index is -0.0897. The van der Waals surface area contributed by atoms with Gasteiger partial charge in [0.1, 0.15) is 6.73 Å². The van der Waals surface area contributed by atoms with Crippen molar-refractivity contribution in [2.45, 2.75) is 13.2 Å². The number of methoxy groups -OCH3 is 1. The summed E-state index contributed by atoms with van der Waals surface area (Å²) in [4.78, 5) is 25.5. The second-order valence-electron chi connectivity index (χ2n) is 6.77. The number of likely N-dealkylation sites (N-methyl/N-ethyl adjacent to an activating group) is 1. The van der Waals surface area contributed by atoms with Gasteiger partial charge in [0.15, 0.2) is 0 Å². The van der Waals surface area contributed by atoms with E-state index in [4.69, 9.17) is 4.74 Å². The maximum atomic E-state index is 11.9. The second-order valence-corrected chi connectivity index (χ2v) is 6.77. The molecule has 2 aromatic rings. The first kappa shape index (κ1) is 17.3. The van der Waals surface area contributed by atoms with Crippen LogP contribution in [0.15, 0.2) is 53.6 Å². The molecule has 0 aliphatic carbocycles. The molecule has 0 spiro atoms. The zero-order valence-corrected chi connectivity index (χ0v) is 15.4. The number of aromatic nitrogens is 1. The first-order valence-electron chi connectivity index (χ1n) is 8.80. The van der Waals surface area contributed by atoms with Crippen LogP contribution in [-0.4, -0.2) is 31.2 Å². The molecule has 0 saturated heterocycles. The second kappa shape index (κ2) is 6.89. The van der Waals surface area contributed by atoms with Gasteiger partial charge in [-0.25, -0.2) is 0 Å². The molecule has 1 aromatic carbocycles. The molecular weight excluding hydrogens is 342 g/mol. The highest BCUT2D eigenvalue weighted by atomic mass is 16.5. The molecule has 3 heterocycles. The van der Waals surface area contributed by atoms with Gasteiger partial charge in [-0.15, -0.1) is 0 Å². The highest BCUT2D eigenvalue weighted by molar-refractivity contribution is 6.01. The summed E-state index contributed by atoms with van der Waals surface area (Å²) >= 11 is 0. The third kappa shape index (κ3) is 3.19. The van der Waals surface area contributed by atoms with Crippen LogP contribution < -0.4 is 15.8 Å². The molecule has 0 fully saturated rings.